The minimum Gasteiger partial charge on any atom is -0.495 e. The Morgan fingerprint density at radius 1 is 1.42 bits per heavy atom. The van der Waals surface area contributed by atoms with E-state index in [-0.39, 0.29) is 0 Å². The highest BCUT2D eigenvalue weighted by molar-refractivity contribution is 5.48. The molecule has 1 aliphatic heterocycles. The van der Waals surface area contributed by atoms with Crippen LogP contribution in [0.2, 0.25) is 0 Å². The Bertz CT molecular complexity index is 564. The van der Waals surface area contributed by atoms with E-state index in [1.54, 1.807) is 7.11 Å². The molecule has 2 aromatic heterocycles. The van der Waals surface area contributed by atoms with E-state index in [2.05, 4.69) is 27.4 Å². The molecule has 2 aromatic rings. The topological polar surface area (TPSA) is 29.8 Å². The molecule has 4 nitrogen and oxygen atoms in total. The Balaban J connectivity index is 1.83. The van der Waals surface area contributed by atoms with Crippen molar-refractivity contribution >= 4 is 5.52 Å². The molecule has 0 aliphatic carbocycles. The van der Waals surface area contributed by atoms with Crippen molar-refractivity contribution in [3.05, 3.63) is 30.4 Å². The Hall–Kier alpha value is -1.55. The van der Waals surface area contributed by atoms with Crippen molar-refractivity contribution in [2.24, 2.45) is 5.92 Å². The zero-order valence-corrected chi connectivity index (χ0v) is 11.7. The van der Waals surface area contributed by atoms with Gasteiger partial charge in [0.15, 0.2) is 0 Å². The SMILES string of the molecule is COc1ccc2cnc(CC3CCCN(C)C3)n2c1. The maximum atomic E-state index is 5.30. The zero-order valence-electron chi connectivity index (χ0n) is 11.7. The minimum absolute atomic E-state index is 0.718. The molecular formula is C15H21N3O. The summed E-state index contributed by atoms with van der Waals surface area (Å²) in [4.78, 5) is 7.00. The summed E-state index contributed by atoms with van der Waals surface area (Å²) in [6.07, 6.45) is 7.63. The molecule has 19 heavy (non-hydrogen) atoms. The smallest absolute Gasteiger partial charge is 0.135 e. The van der Waals surface area contributed by atoms with Crippen molar-refractivity contribution in [3.8, 4) is 5.75 Å². The number of hydrogen-bond acceptors (Lipinski definition) is 3. The van der Waals surface area contributed by atoms with Crippen LogP contribution in [-0.2, 0) is 6.42 Å². The molecule has 0 radical (unpaired) electrons. The zero-order chi connectivity index (χ0) is 13.2. The van der Waals surface area contributed by atoms with Gasteiger partial charge in [0.05, 0.1) is 25.0 Å². The highest BCUT2D eigenvalue weighted by atomic mass is 16.5. The van der Waals surface area contributed by atoms with Crippen LogP contribution < -0.4 is 4.74 Å². The maximum Gasteiger partial charge on any atom is 0.135 e. The fourth-order valence-corrected chi connectivity index (χ4v) is 2.99. The fourth-order valence-electron chi connectivity index (χ4n) is 2.99. The molecule has 0 saturated carbocycles. The van der Waals surface area contributed by atoms with Crippen molar-refractivity contribution < 1.29 is 4.74 Å². The second-order valence-electron chi connectivity index (χ2n) is 5.51. The molecule has 1 saturated heterocycles. The van der Waals surface area contributed by atoms with Crippen LogP contribution >= 0.6 is 0 Å². The van der Waals surface area contributed by atoms with Gasteiger partial charge in [-0.1, -0.05) is 0 Å². The molecule has 0 amide bonds. The van der Waals surface area contributed by atoms with E-state index >= 15 is 0 Å². The molecule has 0 bridgehead atoms. The highest BCUT2D eigenvalue weighted by Crippen LogP contribution is 2.21. The summed E-state index contributed by atoms with van der Waals surface area (Å²) in [6.45, 7) is 2.41. The number of aromatic nitrogens is 2. The maximum absolute atomic E-state index is 5.30. The van der Waals surface area contributed by atoms with E-state index in [1.165, 1.54) is 25.9 Å². The summed E-state index contributed by atoms with van der Waals surface area (Å²) in [5.41, 5.74) is 1.14. The van der Waals surface area contributed by atoms with Gasteiger partial charge in [0.2, 0.25) is 0 Å². The third-order valence-corrected chi connectivity index (χ3v) is 4.01. The molecule has 0 N–H and O–H groups in total. The first-order valence-corrected chi connectivity index (χ1v) is 6.95. The van der Waals surface area contributed by atoms with Gasteiger partial charge in [-0.15, -0.1) is 0 Å². The summed E-state index contributed by atoms with van der Waals surface area (Å²) in [5, 5.41) is 0. The molecule has 4 heteroatoms. The van der Waals surface area contributed by atoms with Gasteiger partial charge in [-0.05, 0) is 44.5 Å². The van der Waals surface area contributed by atoms with Gasteiger partial charge >= 0.3 is 0 Å². The monoisotopic (exact) mass is 259 g/mol. The molecule has 0 aromatic carbocycles. The van der Waals surface area contributed by atoms with Gasteiger partial charge in [0.25, 0.3) is 0 Å². The molecule has 1 atom stereocenters. The molecule has 3 heterocycles. The number of methoxy groups -OCH3 is 1. The molecule has 1 aliphatic rings. The summed E-state index contributed by atoms with van der Waals surface area (Å²) >= 11 is 0. The van der Waals surface area contributed by atoms with Gasteiger partial charge in [0, 0.05) is 13.0 Å². The minimum atomic E-state index is 0.718. The van der Waals surface area contributed by atoms with Crippen LogP contribution in [-0.4, -0.2) is 41.5 Å². The Kier molecular flexibility index (Phi) is 3.42. The Morgan fingerprint density at radius 3 is 3.11 bits per heavy atom. The normalized spacial score (nSPS) is 20.8. The highest BCUT2D eigenvalue weighted by Gasteiger charge is 2.19. The lowest BCUT2D eigenvalue weighted by Crippen LogP contribution is -2.33. The average molecular weight is 259 g/mol. The van der Waals surface area contributed by atoms with Crippen LogP contribution in [0.1, 0.15) is 18.7 Å². The van der Waals surface area contributed by atoms with Crippen LogP contribution in [0.15, 0.2) is 24.5 Å². The largest absolute Gasteiger partial charge is 0.495 e. The lowest BCUT2D eigenvalue weighted by molar-refractivity contribution is 0.207. The predicted molar refractivity (Wildman–Crippen MR) is 75.7 cm³/mol. The molecule has 0 spiro atoms. The molecular weight excluding hydrogens is 238 g/mol. The van der Waals surface area contributed by atoms with Crippen molar-refractivity contribution in [2.45, 2.75) is 19.3 Å². The molecule has 102 valence electrons. The standard InChI is InChI=1S/C15H21N3O/c1-17-7-3-4-12(10-17)8-15-16-9-13-5-6-14(19-2)11-18(13)15/h5-6,9,11-12H,3-4,7-8,10H2,1-2H3. The number of rotatable bonds is 3. The lowest BCUT2D eigenvalue weighted by Gasteiger charge is -2.29. The third kappa shape index (κ3) is 2.59. The summed E-state index contributed by atoms with van der Waals surface area (Å²) in [7, 11) is 3.91. The van der Waals surface area contributed by atoms with Crippen LogP contribution in [0.4, 0.5) is 0 Å². The first kappa shape index (κ1) is 12.5. The van der Waals surface area contributed by atoms with Crippen LogP contribution in [0.25, 0.3) is 5.52 Å². The van der Waals surface area contributed by atoms with E-state index in [4.69, 9.17) is 4.74 Å². The number of fused-ring (bicyclic) bond motifs is 1. The first-order chi connectivity index (χ1) is 9.26. The lowest BCUT2D eigenvalue weighted by atomic mass is 9.95. The van der Waals surface area contributed by atoms with Crippen LogP contribution in [0.5, 0.6) is 5.75 Å². The van der Waals surface area contributed by atoms with Gasteiger partial charge in [0.1, 0.15) is 11.6 Å². The first-order valence-electron chi connectivity index (χ1n) is 6.95. The van der Waals surface area contributed by atoms with E-state index in [0.717, 1.165) is 29.4 Å². The number of nitrogens with zero attached hydrogens (tertiary/aromatic N) is 3. The van der Waals surface area contributed by atoms with E-state index in [1.807, 2.05) is 18.5 Å². The number of imidazole rings is 1. The van der Waals surface area contributed by atoms with Gasteiger partial charge in [-0.2, -0.15) is 0 Å². The van der Waals surface area contributed by atoms with E-state index < -0.39 is 0 Å². The van der Waals surface area contributed by atoms with E-state index in [0.29, 0.717) is 0 Å². The molecule has 3 rings (SSSR count). The van der Waals surface area contributed by atoms with Crippen molar-refractivity contribution in [1.82, 2.24) is 14.3 Å². The second kappa shape index (κ2) is 5.21. The molecule has 1 fully saturated rings. The van der Waals surface area contributed by atoms with Gasteiger partial charge < -0.3 is 14.0 Å². The Labute approximate surface area is 114 Å². The number of piperidine rings is 1. The van der Waals surface area contributed by atoms with E-state index in [9.17, 15) is 0 Å². The number of pyridine rings is 1. The summed E-state index contributed by atoms with van der Waals surface area (Å²) in [5.74, 6) is 2.75. The quantitative estimate of drug-likeness (QED) is 0.846. The predicted octanol–water partition coefficient (Wildman–Crippen LogP) is 2.23. The second-order valence-corrected chi connectivity index (χ2v) is 5.51. The van der Waals surface area contributed by atoms with Gasteiger partial charge in [-0.3, -0.25) is 0 Å². The van der Waals surface area contributed by atoms with Crippen molar-refractivity contribution in [3.63, 3.8) is 0 Å². The summed E-state index contributed by atoms with van der Waals surface area (Å²) in [6, 6.07) is 4.04. The Morgan fingerprint density at radius 2 is 2.32 bits per heavy atom. The molecule has 1 unspecified atom stereocenters. The fraction of sp³-hybridized carbons (Fsp3) is 0.533. The summed E-state index contributed by atoms with van der Waals surface area (Å²) < 4.78 is 7.46. The van der Waals surface area contributed by atoms with Crippen LogP contribution in [0, 0.1) is 5.92 Å². The number of ether oxygens (including phenoxy) is 1. The average Bonchev–Trinajstić information content (AvgIpc) is 2.81. The van der Waals surface area contributed by atoms with Crippen molar-refractivity contribution in [2.75, 3.05) is 27.2 Å². The third-order valence-electron chi connectivity index (χ3n) is 4.01. The number of likely N-dealkylation sites (tertiary alicyclic amines) is 1. The van der Waals surface area contributed by atoms with Crippen LogP contribution in [0.3, 0.4) is 0 Å². The number of hydrogen-bond donors (Lipinski definition) is 0. The van der Waals surface area contributed by atoms with Gasteiger partial charge in [-0.25, -0.2) is 4.98 Å². The van der Waals surface area contributed by atoms with Crippen molar-refractivity contribution in [1.29, 1.82) is 0 Å².